The normalized spacial score (nSPS) is 11.4. The molecule has 0 saturated heterocycles. The van der Waals surface area contributed by atoms with E-state index >= 15 is 0 Å². The van der Waals surface area contributed by atoms with Crippen molar-refractivity contribution in [1.29, 1.82) is 0 Å². The van der Waals surface area contributed by atoms with Gasteiger partial charge in [0.1, 0.15) is 6.54 Å². The molecule has 0 aliphatic heterocycles. The summed E-state index contributed by atoms with van der Waals surface area (Å²) in [7, 11) is -3.62. The zero-order valence-corrected chi connectivity index (χ0v) is 18.0. The summed E-state index contributed by atoms with van der Waals surface area (Å²) < 4.78 is 25.6. The minimum atomic E-state index is -3.62. The molecule has 31 heavy (non-hydrogen) atoms. The minimum absolute atomic E-state index is 0.157. The average Bonchev–Trinajstić information content (AvgIpc) is 3.38. The third kappa shape index (κ3) is 4.65. The number of aromatic nitrogens is 2. The first-order valence-electron chi connectivity index (χ1n) is 9.21. The summed E-state index contributed by atoms with van der Waals surface area (Å²) >= 11 is 1.35. The molecule has 2 heterocycles. The lowest BCUT2D eigenvalue weighted by atomic mass is 10.2. The number of nitrogens with zero attached hydrogens (tertiary/aromatic N) is 2. The maximum absolute atomic E-state index is 12.6. The summed E-state index contributed by atoms with van der Waals surface area (Å²) in [4.78, 5) is 29.5. The molecule has 2 aromatic heterocycles. The Kier molecular flexibility index (Phi) is 5.57. The molecule has 2 N–H and O–H groups in total. The van der Waals surface area contributed by atoms with Crippen LogP contribution in [0.25, 0.3) is 11.0 Å². The number of benzene rings is 2. The number of para-hydroxylation sites is 2. The first-order valence-corrected chi connectivity index (χ1v) is 12.0. The summed E-state index contributed by atoms with van der Waals surface area (Å²) in [5.41, 5.74) is 2.17. The number of imidazole rings is 1. The van der Waals surface area contributed by atoms with E-state index in [9.17, 15) is 18.0 Å². The van der Waals surface area contributed by atoms with Crippen LogP contribution >= 0.6 is 11.3 Å². The van der Waals surface area contributed by atoms with E-state index in [1.165, 1.54) is 15.9 Å². The molecule has 158 valence electrons. The molecule has 4 rings (SSSR count). The SMILES string of the molecule is CS(=O)(=O)c1nc2ccccc2n1CC(=O)Nc1ccc(NC(=O)c2cccs2)cc1. The van der Waals surface area contributed by atoms with E-state index in [2.05, 4.69) is 15.6 Å². The molecule has 0 aliphatic carbocycles. The molecule has 0 spiro atoms. The van der Waals surface area contributed by atoms with Crippen LogP contribution in [0.15, 0.2) is 71.2 Å². The van der Waals surface area contributed by atoms with Crippen LogP contribution < -0.4 is 10.6 Å². The van der Waals surface area contributed by atoms with E-state index < -0.39 is 15.7 Å². The summed E-state index contributed by atoms with van der Waals surface area (Å²) in [5.74, 6) is -0.601. The van der Waals surface area contributed by atoms with Crippen LogP contribution in [-0.4, -0.2) is 36.0 Å². The molecule has 8 nitrogen and oxygen atoms in total. The standard InChI is InChI=1S/C21H18N4O4S2/c1-31(28,29)21-24-16-5-2-3-6-17(16)25(21)13-19(26)22-14-8-10-15(11-9-14)23-20(27)18-7-4-12-30-18/h2-12H,13H2,1H3,(H,22,26)(H,23,27). The number of nitrogens with one attached hydrogen (secondary N) is 2. The first kappa shape index (κ1) is 20.8. The van der Waals surface area contributed by atoms with E-state index in [-0.39, 0.29) is 17.6 Å². The topological polar surface area (TPSA) is 110 Å². The van der Waals surface area contributed by atoms with Crippen LogP contribution in [0.4, 0.5) is 11.4 Å². The Morgan fingerprint density at radius 2 is 1.65 bits per heavy atom. The van der Waals surface area contributed by atoms with Gasteiger partial charge in [-0.25, -0.2) is 13.4 Å². The van der Waals surface area contributed by atoms with Crippen molar-refractivity contribution in [3.8, 4) is 0 Å². The van der Waals surface area contributed by atoms with Gasteiger partial charge in [-0.3, -0.25) is 9.59 Å². The Hall–Kier alpha value is -3.50. The second kappa shape index (κ2) is 8.32. The van der Waals surface area contributed by atoms with Crippen molar-refractivity contribution in [3.63, 3.8) is 0 Å². The van der Waals surface area contributed by atoms with Crippen LogP contribution in [0, 0.1) is 0 Å². The number of thiophene rings is 1. The second-order valence-electron chi connectivity index (χ2n) is 6.80. The molecular weight excluding hydrogens is 436 g/mol. The number of amides is 2. The van der Waals surface area contributed by atoms with Gasteiger partial charge in [-0.2, -0.15) is 0 Å². The van der Waals surface area contributed by atoms with E-state index in [1.54, 1.807) is 60.7 Å². The quantitative estimate of drug-likeness (QED) is 0.464. The van der Waals surface area contributed by atoms with Gasteiger partial charge in [0, 0.05) is 17.6 Å². The predicted molar refractivity (Wildman–Crippen MR) is 120 cm³/mol. The third-order valence-electron chi connectivity index (χ3n) is 4.42. The fourth-order valence-corrected chi connectivity index (χ4v) is 4.52. The zero-order chi connectivity index (χ0) is 22.0. The fraction of sp³-hybridized carbons (Fsp3) is 0.0952. The lowest BCUT2D eigenvalue weighted by Crippen LogP contribution is -2.21. The van der Waals surface area contributed by atoms with Crippen molar-refractivity contribution in [2.24, 2.45) is 0 Å². The molecular formula is C21H18N4O4S2. The maximum Gasteiger partial charge on any atom is 0.265 e. The molecule has 2 amide bonds. The highest BCUT2D eigenvalue weighted by Gasteiger charge is 2.21. The number of carbonyl (C=O) groups excluding carboxylic acids is 2. The molecule has 0 atom stereocenters. The van der Waals surface area contributed by atoms with Crippen molar-refractivity contribution < 1.29 is 18.0 Å². The Morgan fingerprint density at radius 3 is 2.29 bits per heavy atom. The lowest BCUT2D eigenvalue weighted by molar-refractivity contribution is -0.116. The molecule has 10 heteroatoms. The van der Waals surface area contributed by atoms with Crippen LogP contribution in [0.3, 0.4) is 0 Å². The van der Waals surface area contributed by atoms with Crippen LogP contribution in [0.1, 0.15) is 9.67 Å². The van der Waals surface area contributed by atoms with Crippen molar-refractivity contribution in [2.75, 3.05) is 16.9 Å². The van der Waals surface area contributed by atoms with E-state index in [1.807, 2.05) is 5.38 Å². The van der Waals surface area contributed by atoms with Gasteiger partial charge < -0.3 is 15.2 Å². The van der Waals surface area contributed by atoms with Gasteiger partial charge in [-0.05, 0) is 47.8 Å². The Bertz CT molecular complexity index is 1360. The van der Waals surface area contributed by atoms with Gasteiger partial charge in [-0.1, -0.05) is 18.2 Å². The number of anilines is 2. The van der Waals surface area contributed by atoms with Crippen molar-refractivity contribution >= 4 is 55.4 Å². The Labute approximate surface area is 182 Å². The van der Waals surface area contributed by atoms with Gasteiger partial charge in [0.15, 0.2) is 0 Å². The molecule has 4 aromatic rings. The molecule has 2 aromatic carbocycles. The highest BCUT2D eigenvalue weighted by molar-refractivity contribution is 7.90. The van der Waals surface area contributed by atoms with E-state index in [0.717, 1.165) is 6.26 Å². The minimum Gasteiger partial charge on any atom is -0.325 e. The lowest BCUT2D eigenvalue weighted by Gasteiger charge is -2.10. The van der Waals surface area contributed by atoms with Crippen LogP contribution in [-0.2, 0) is 21.2 Å². The number of carbonyl (C=O) groups is 2. The average molecular weight is 455 g/mol. The number of hydrogen-bond donors (Lipinski definition) is 2. The number of rotatable bonds is 6. The van der Waals surface area contributed by atoms with Gasteiger partial charge in [0.25, 0.3) is 5.91 Å². The van der Waals surface area contributed by atoms with E-state index in [4.69, 9.17) is 0 Å². The molecule has 0 aliphatic rings. The smallest absolute Gasteiger partial charge is 0.265 e. The van der Waals surface area contributed by atoms with Crippen LogP contribution in [0.5, 0.6) is 0 Å². The number of fused-ring (bicyclic) bond motifs is 1. The second-order valence-corrected chi connectivity index (χ2v) is 9.66. The molecule has 0 bridgehead atoms. The molecule has 0 fully saturated rings. The summed E-state index contributed by atoms with van der Waals surface area (Å²) in [6.07, 6.45) is 1.06. The van der Waals surface area contributed by atoms with Gasteiger partial charge in [-0.15, -0.1) is 11.3 Å². The fourth-order valence-electron chi connectivity index (χ4n) is 3.07. The Morgan fingerprint density at radius 1 is 0.968 bits per heavy atom. The summed E-state index contributed by atoms with van der Waals surface area (Å²) in [6, 6.07) is 17.1. The van der Waals surface area contributed by atoms with E-state index in [0.29, 0.717) is 27.3 Å². The van der Waals surface area contributed by atoms with Gasteiger partial charge in [0.2, 0.25) is 20.9 Å². The summed E-state index contributed by atoms with van der Waals surface area (Å²) in [6.45, 7) is -0.209. The molecule has 0 saturated carbocycles. The third-order valence-corrected chi connectivity index (χ3v) is 6.27. The zero-order valence-electron chi connectivity index (χ0n) is 16.4. The maximum atomic E-state index is 12.6. The van der Waals surface area contributed by atoms with Crippen molar-refractivity contribution in [2.45, 2.75) is 11.7 Å². The first-order chi connectivity index (χ1) is 14.8. The van der Waals surface area contributed by atoms with Crippen molar-refractivity contribution in [3.05, 3.63) is 70.9 Å². The highest BCUT2D eigenvalue weighted by Crippen LogP contribution is 2.20. The molecule has 0 unspecified atom stereocenters. The van der Waals surface area contributed by atoms with Crippen molar-refractivity contribution in [1.82, 2.24) is 9.55 Å². The molecule has 0 radical (unpaired) electrons. The highest BCUT2D eigenvalue weighted by atomic mass is 32.2. The van der Waals surface area contributed by atoms with Gasteiger partial charge >= 0.3 is 0 Å². The largest absolute Gasteiger partial charge is 0.325 e. The monoisotopic (exact) mass is 454 g/mol. The van der Waals surface area contributed by atoms with Crippen LogP contribution in [0.2, 0.25) is 0 Å². The Balaban J connectivity index is 1.48. The number of sulfone groups is 1. The summed E-state index contributed by atoms with van der Waals surface area (Å²) in [5, 5.41) is 7.19. The number of hydrogen-bond acceptors (Lipinski definition) is 6. The van der Waals surface area contributed by atoms with Gasteiger partial charge in [0.05, 0.1) is 15.9 Å². The predicted octanol–water partition coefficient (Wildman–Crippen LogP) is 3.39.